The van der Waals surface area contributed by atoms with Gasteiger partial charge in [-0.25, -0.2) is 0 Å². The number of anilines is 1. The van der Waals surface area contributed by atoms with Gasteiger partial charge in [-0.1, -0.05) is 6.07 Å². The number of benzene rings is 1. The van der Waals surface area contributed by atoms with Gasteiger partial charge in [-0.2, -0.15) is 0 Å². The second-order valence-corrected chi connectivity index (χ2v) is 8.31. The lowest BCUT2D eigenvalue weighted by atomic mass is 10.0. The minimum atomic E-state index is -0.135. The van der Waals surface area contributed by atoms with Gasteiger partial charge in [0, 0.05) is 42.3 Å². The maximum atomic E-state index is 13.3. The van der Waals surface area contributed by atoms with Gasteiger partial charge < -0.3 is 18.8 Å². The largest absolute Gasteiger partial charge is 0.493 e. The van der Waals surface area contributed by atoms with Crippen molar-refractivity contribution in [2.75, 3.05) is 32.2 Å². The molecule has 1 amide bonds. The van der Waals surface area contributed by atoms with E-state index < -0.39 is 0 Å². The molecule has 0 N–H and O–H groups in total. The topological polar surface area (TPSA) is 55.2 Å². The molecular weight excluding hydrogens is 400 g/mol. The fourth-order valence-electron chi connectivity index (χ4n) is 3.95. The predicted molar refractivity (Wildman–Crippen MR) is 118 cm³/mol. The molecule has 3 heterocycles. The molecule has 3 aromatic rings. The van der Waals surface area contributed by atoms with Crippen molar-refractivity contribution in [3.05, 3.63) is 64.7 Å². The van der Waals surface area contributed by atoms with Crippen molar-refractivity contribution >= 4 is 22.9 Å². The van der Waals surface area contributed by atoms with Crippen molar-refractivity contribution in [2.24, 2.45) is 0 Å². The van der Waals surface area contributed by atoms with Gasteiger partial charge in [0.1, 0.15) is 0 Å². The van der Waals surface area contributed by atoms with Gasteiger partial charge in [0.15, 0.2) is 17.3 Å². The highest BCUT2D eigenvalue weighted by Crippen LogP contribution is 2.34. The van der Waals surface area contributed by atoms with E-state index in [1.54, 1.807) is 37.7 Å². The zero-order valence-corrected chi connectivity index (χ0v) is 18.1. The summed E-state index contributed by atoms with van der Waals surface area (Å²) in [6.45, 7) is 2.85. The summed E-state index contributed by atoms with van der Waals surface area (Å²) in [5, 5.41) is 2.11. The molecule has 0 unspecified atom stereocenters. The number of carbonyl (C=O) groups excluding carboxylic acids is 1. The number of methoxy groups -OCH3 is 2. The zero-order valence-electron chi connectivity index (χ0n) is 17.2. The van der Waals surface area contributed by atoms with Crippen LogP contribution < -0.4 is 14.4 Å². The summed E-state index contributed by atoms with van der Waals surface area (Å²) in [5.74, 6) is 1.44. The smallest absolute Gasteiger partial charge is 0.294 e. The predicted octanol–water partition coefficient (Wildman–Crippen LogP) is 4.67. The zero-order chi connectivity index (χ0) is 20.9. The molecule has 1 saturated heterocycles. The lowest BCUT2D eigenvalue weighted by Crippen LogP contribution is -2.47. The van der Waals surface area contributed by atoms with E-state index in [0.717, 1.165) is 38.2 Å². The number of nitrogens with zero attached hydrogens (tertiary/aromatic N) is 2. The van der Waals surface area contributed by atoms with E-state index in [-0.39, 0.29) is 11.9 Å². The van der Waals surface area contributed by atoms with Crippen molar-refractivity contribution in [2.45, 2.75) is 25.4 Å². The highest BCUT2D eigenvalue weighted by Gasteiger charge is 2.31. The molecule has 30 heavy (non-hydrogen) atoms. The first-order valence-electron chi connectivity index (χ1n) is 10.0. The molecule has 0 atom stereocenters. The first-order chi connectivity index (χ1) is 14.7. The third-order valence-corrected chi connectivity index (χ3v) is 6.34. The van der Waals surface area contributed by atoms with Crippen molar-refractivity contribution in [1.29, 1.82) is 0 Å². The van der Waals surface area contributed by atoms with Crippen molar-refractivity contribution in [1.82, 2.24) is 4.90 Å². The molecule has 158 valence electrons. The van der Waals surface area contributed by atoms with E-state index in [0.29, 0.717) is 17.3 Å². The quantitative estimate of drug-likeness (QED) is 0.550. The molecule has 7 heteroatoms. The molecule has 0 spiro atoms. The van der Waals surface area contributed by atoms with Gasteiger partial charge in [-0.3, -0.25) is 9.69 Å². The Labute approximate surface area is 180 Å². The maximum absolute atomic E-state index is 13.3. The van der Waals surface area contributed by atoms with Crippen LogP contribution in [0.3, 0.4) is 0 Å². The molecule has 1 fully saturated rings. The number of amides is 1. The highest BCUT2D eigenvalue weighted by atomic mass is 32.1. The van der Waals surface area contributed by atoms with E-state index in [9.17, 15) is 4.79 Å². The Balaban J connectivity index is 1.56. The third kappa shape index (κ3) is 4.37. The average molecular weight is 427 g/mol. The van der Waals surface area contributed by atoms with E-state index in [4.69, 9.17) is 13.9 Å². The summed E-state index contributed by atoms with van der Waals surface area (Å²) in [6, 6.07) is 13.4. The fourth-order valence-corrected chi connectivity index (χ4v) is 4.69. The van der Waals surface area contributed by atoms with Crippen LogP contribution in [-0.2, 0) is 6.54 Å². The Morgan fingerprint density at radius 3 is 2.57 bits per heavy atom. The Morgan fingerprint density at radius 2 is 1.93 bits per heavy atom. The first kappa shape index (κ1) is 20.5. The number of piperidine rings is 1. The van der Waals surface area contributed by atoms with E-state index >= 15 is 0 Å². The monoisotopic (exact) mass is 426 g/mol. The van der Waals surface area contributed by atoms with Crippen LogP contribution >= 0.6 is 11.3 Å². The van der Waals surface area contributed by atoms with Crippen LogP contribution in [0.1, 0.15) is 28.3 Å². The van der Waals surface area contributed by atoms with Crippen LogP contribution in [0.2, 0.25) is 0 Å². The van der Waals surface area contributed by atoms with Gasteiger partial charge in [-0.15, -0.1) is 11.3 Å². The summed E-state index contributed by atoms with van der Waals surface area (Å²) < 4.78 is 16.3. The molecule has 1 aliphatic rings. The average Bonchev–Trinajstić information content (AvgIpc) is 3.49. The van der Waals surface area contributed by atoms with E-state index in [2.05, 4.69) is 22.4 Å². The number of furan rings is 1. The summed E-state index contributed by atoms with van der Waals surface area (Å²) >= 11 is 1.79. The second kappa shape index (κ2) is 9.36. The van der Waals surface area contributed by atoms with Gasteiger partial charge in [0.25, 0.3) is 5.91 Å². The molecule has 1 aliphatic heterocycles. The number of rotatable bonds is 7. The first-order valence-corrected chi connectivity index (χ1v) is 10.9. The number of likely N-dealkylation sites (tertiary alicyclic amines) is 1. The number of hydrogen-bond donors (Lipinski definition) is 0. The Bertz CT molecular complexity index is 948. The van der Waals surface area contributed by atoms with Crippen LogP contribution in [0.25, 0.3) is 0 Å². The van der Waals surface area contributed by atoms with Gasteiger partial charge >= 0.3 is 0 Å². The molecule has 4 rings (SSSR count). The van der Waals surface area contributed by atoms with Gasteiger partial charge in [0.2, 0.25) is 0 Å². The molecule has 0 aliphatic carbocycles. The third-order valence-electron chi connectivity index (χ3n) is 5.48. The van der Waals surface area contributed by atoms with E-state index in [1.807, 2.05) is 23.1 Å². The lowest BCUT2D eigenvalue weighted by Gasteiger charge is -2.38. The minimum Gasteiger partial charge on any atom is -0.493 e. The fraction of sp³-hybridized carbons (Fsp3) is 0.348. The van der Waals surface area contributed by atoms with Crippen LogP contribution in [-0.4, -0.2) is 44.2 Å². The Morgan fingerprint density at radius 1 is 1.13 bits per heavy atom. The molecule has 0 bridgehead atoms. The summed E-state index contributed by atoms with van der Waals surface area (Å²) in [7, 11) is 3.20. The number of thiophene rings is 1. The number of carbonyl (C=O) groups is 1. The van der Waals surface area contributed by atoms with Gasteiger partial charge in [0.05, 0.1) is 20.5 Å². The van der Waals surface area contributed by atoms with Crippen LogP contribution in [0, 0.1) is 0 Å². The number of ether oxygens (including phenoxy) is 2. The van der Waals surface area contributed by atoms with Crippen molar-refractivity contribution in [3.63, 3.8) is 0 Å². The molecular formula is C23H26N2O4S. The molecule has 0 radical (unpaired) electrons. The normalized spacial score (nSPS) is 15.1. The molecule has 2 aromatic heterocycles. The van der Waals surface area contributed by atoms with Crippen LogP contribution in [0.4, 0.5) is 5.69 Å². The molecule has 0 saturated carbocycles. The number of hydrogen-bond acceptors (Lipinski definition) is 6. The highest BCUT2D eigenvalue weighted by molar-refractivity contribution is 7.09. The summed E-state index contributed by atoms with van der Waals surface area (Å²) in [6.07, 6.45) is 3.32. The summed E-state index contributed by atoms with van der Waals surface area (Å²) in [5.41, 5.74) is 0.783. The Hall–Kier alpha value is -2.77. The Kier molecular flexibility index (Phi) is 6.40. The standard InChI is InChI=1S/C23H26N2O4S/c1-27-20-8-7-18(15-22(20)28-2)25(23(26)21-6-3-13-29-21)17-9-11-24(12-10-17)16-19-5-4-14-30-19/h3-8,13-15,17H,9-12,16H2,1-2H3. The van der Waals surface area contributed by atoms with E-state index in [1.165, 1.54) is 11.1 Å². The molecule has 6 nitrogen and oxygen atoms in total. The summed E-state index contributed by atoms with van der Waals surface area (Å²) in [4.78, 5) is 19.0. The minimum absolute atomic E-state index is 0.0836. The molecule has 1 aromatic carbocycles. The van der Waals surface area contributed by atoms with Crippen molar-refractivity contribution in [3.8, 4) is 11.5 Å². The van der Waals surface area contributed by atoms with Crippen LogP contribution in [0.5, 0.6) is 11.5 Å². The second-order valence-electron chi connectivity index (χ2n) is 7.28. The van der Waals surface area contributed by atoms with Crippen LogP contribution in [0.15, 0.2) is 58.5 Å². The van der Waals surface area contributed by atoms with Gasteiger partial charge in [-0.05, 0) is 48.6 Å². The maximum Gasteiger partial charge on any atom is 0.294 e. The SMILES string of the molecule is COc1ccc(N(C(=O)c2ccco2)C2CCN(Cc3cccs3)CC2)cc1OC. The van der Waals surface area contributed by atoms with Crippen molar-refractivity contribution < 1.29 is 18.7 Å². The lowest BCUT2D eigenvalue weighted by molar-refractivity contribution is 0.0932.